The first-order valence-corrected chi connectivity index (χ1v) is 12.4. The summed E-state index contributed by atoms with van der Waals surface area (Å²) < 4.78 is 51.2. The zero-order valence-corrected chi connectivity index (χ0v) is 16.8. The Bertz CT molecular complexity index is 1060. The molecule has 2 heterocycles. The van der Waals surface area contributed by atoms with E-state index in [4.69, 9.17) is 0 Å². The molecule has 7 heteroatoms. The Morgan fingerprint density at radius 2 is 1.63 bits per heavy atom. The second-order valence-corrected chi connectivity index (χ2v) is 11.9. The first kappa shape index (κ1) is 18.7. The topological polar surface area (TPSA) is 71.5 Å². The number of sulfone groups is 2. The molecule has 0 radical (unpaired) electrons. The summed E-state index contributed by atoms with van der Waals surface area (Å²) in [6, 6.07) is 14.2. The summed E-state index contributed by atoms with van der Waals surface area (Å²) in [5.74, 6) is -0.392. The summed E-state index contributed by atoms with van der Waals surface area (Å²) in [6.45, 7) is 3.16. The van der Waals surface area contributed by atoms with Gasteiger partial charge in [-0.2, -0.15) is 0 Å². The number of nitrogens with zero attached hydrogens (tertiary/aromatic N) is 1. The molecule has 0 unspecified atom stereocenters. The normalized spacial score (nSPS) is 25.2. The molecule has 2 aliphatic heterocycles. The van der Waals surface area contributed by atoms with Crippen molar-refractivity contribution in [3.8, 4) is 0 Å². The average molecular weight is 406 g/mol. The molecule has 144 valence electrons. The van der Waals surface area contributed by atoms with Gasteiger partial charge in [0.1, 0.15) is 0 Å². The fourth-order valence-electron chi connectivity index (χ4n) is 4.14. The van der Waals surface area contributed by atoms with Crippen LogP contribution in [0.4, 0.5) is 0 Å². The van der Waals surface area contributed by atoms with Crippen molar-refractivity contribution in [2.75, 3.05) is 18.1 Å². The third-order valence-corrected chi connectivity index (χ3v) is 9.78. The van der Waals surface area contributed by atoms with Crippen LogP contribution in [0.25, 0.3) is 0 Å². The highest BCUT2D eigenvalue weighted by molar-refractivity contribution is 7.96. The molecule has 27 heavy (non-hydrogen) atoms. The van der Waals surface area contributed by atoms with Crippen LogP contribution >= 0.6 is 0 Å². The molecule has 5 nitrogen and oxygen atoms in total. The number of hydrogen-bond donors (Lipinski definition) is 0. The van der Waals surface area contributed by atoms with Crippen molar-refractivity contribution in [2.24, 2.45) is 0 Å². The minimum absolute atomic E-state index is 0.0923. The van der Waals surface area contributed by atoms with Crippen LogP contribution in [0.5, 0.6) is 0 Å². The maximum atomic E-state index is 13.2. The van der Waals surface area contributed by atoms with Gasteiger partial charge in [-0.05, 0) is 36.6 Å². The zero-order valence-electron chi connectivity index (χ0n) is 15.2. The lowest BCUT2D eigenvalue weighted by Crippen LogP contribution is -2.48. The Hall–Kier alpha value is -1.70. The maximum absolute atomic E-state index is 13.2. The highest BCUT2D eigenvalue weighted by Crippen LogP contribution is 2.32. The highest BCUT2D eigenvalue weighted by Gasteiger charge is 2.48. The van der Waals surface area contributed by atoms with E-state index in [-0.39, 0.29) is 16.4 Å². The standard InChI is InChI=1S/C20H23NO4S2/c1-15-6-8-18(9-7-15)27(24,25)20-14-26(22,23)13-19(20)21-11-10-16-4-2-3-5-17(16)12-21/h2-9,19-20H,10-14H2,1H3/t19-,20-/m0/s1. The van der Waals surface area contributed by atoms with Crippen molar-refractivity contribution in [3.63, 3.8) is 0 Å². The van der Waals surface area contributed by atoms with E-state index in [0.717, 1.165) is 17.5 Å². The molecule has 1 saturated heterocycles. The number of hydrogen-bond acceptors (Lipinski definition) is 5. The van der Waals surface area contributed by atoms with Crippen LogP contribution in [0.1, 0.15) is 16.7 Å². The SMILES string of the molecule is Cc1ccc(S(=O)(=O)[C@H]2CS(=O)(=O)C[C@@H]2N2CCc3ccccc3C2)cc1. The van der Waals surface area contributed by atoms with Crippen molar-refractivity contribution < 1.29 is 16.8 Å². The lowest BCUT2D eigenvalue weighted by molar-refractivity contribution is 0.195. The zero-order chi connectivity index (χ0) is 19.2. The molecular weight excluding hydrogens is 382 g/mol. The molecule has 0 spiro atoms. The molecule has 2 aromatic rings. The van der Waals surface area contributed by atoms with Gasteiger partial charge in [-0.25, -0.2) is 16.8 Å². The molecule has 1 fully saturated rings. The number of fused-ring (bicyclic) bond motifs is 1. The Labute approximate surface area is 160 Å². The first-order chi connectivity index (χ1) is 12.8. The van der Waals surface area contributed by atoms with Crippen LogP contribution < -0.4 is 0 Å². The monoisotopic (exact) mass is 405 g/mol. The van der Waals surface area contributed by atoms with Crippen molar-refractivity contribution in [3.05, 3.63) is 65.2 Å². The van der Waals surface area contributed by atoms with Crippen LogP contribution in [0.3, 0.4) is 0 Å². The first-order valence-electron chi connectivity index (χ1n) is 9.08. The minimum atomic E-state index is -3.72. The minimum Gasteiger partial charge on any atom is -0.293 e. The molecule has 2 aromatic carbocycles. The fourth-order valence-corrected chi connectivity index (χ4v) is 8.97. The summed E-state index contributed by atoms with van der Waals surface area (Å²) in [4.78, 5) is 2.25. The van der Waals surface area contributed by atoms with Gasteiger partial charge < -0.3 is 0 Å². The van der Waals surface area contributed by atoms with E-state index in [1.54, 1.807) is 24.3 Å². The smallest absolute Gasteiger partial charge is 0.183 e. The molecule has 4 rings (SSSR count). The largest absolute Gasteiger partial charge is 0.293 e. The maximum Gasteiger partial charge on any atom is 0.183 e. The lowest BCUT2D eigenvalue weighted by atomic mass is 9.98. The van der Waals surface area contributed by atoms with Gasteiger partial charge in [-0.1, -0.05) is 42.0 Å². The Morgan fingerprint density at radius 3 is 2.33 bits per heavy atom. The second-order valence-electron chi connectivity index (χ2n) is 7.53. The van der Waals surface area contributed by atoms with Gasteiger partial charge in [0.25, 0.3) is 0 Å². The summed E-state index contributed by atoms with van der Waals surface area (Å²) in [7, 11) is -7.11. The molecule has 0 aliphatic carbocycles. The van der Waals surface area contributed by atoms with Gasteiger partial charge in [-0.3, -0.25) is 4.90 Å². The average Bonchev–Trinajstić information content (AvgIpc) is 2.98. The Morgan fingerprint density at radius 1 is 0.963 bits per heavy atom. The van der Waals surface area contributed by atoms with Gasteiger partial charge in [-0.15, -0.1) is 0 Å². The second kappa shape index (κ2) is 6.72. The van der Waals surface area contributed by atoms with E-state index in [0.29, 0.717) is 13.1 Å². The van der Waals surface area contributed by atoms with E-state index in [2.05, 4.69) is 6.07 Å². The van der Waals surface area contributed by atoms with Crippen molar-refractivity contribution in [1.29, 1.82) is 0 Å². The van der Waals surface area contributed by atoms with Crippen LogP contribution in [0.2, 0.25) is 0 Å². The van der Waals surface area contributed by atoms with E-state index in [9.17, 15) is 16.8 Å². The number of aryl methyl sites for hydroxylation is 1. The van der Waals surface area contributed by atoms with Crippen LogP contribution in [-0.2, 0) is 32.6 Å². The van der Waals surface area contributed by atoms with Gasteiger partial charge >= 0.3 is 0 Å². The predicted molar refractivity (Wildman–Crippen MR) is 105 cm³/mol. The third-order valence-electron chi connectivity index (χ3n) is 5.65. The predicted octanol–water partition coefficient (Wildman–Crippen LogP) is 1.99. The molecule has 0 N–H and O–H groups in total. The fraction of sp³-hybridized carbons (Fsp3) is 0.400. The van der Waals surface area contributed by atoms with Gasteiger partial charge in [0, 0.05) is 19.1 Å². The molecule has 0 amide bonds. The van der Waals surface area contributed by atoms with Crippen LogP contribution in [0.15, 0.2) is 53.4 Å². The third kappa shape index (κ3) is 3.56. The highest BCUT2D eigenvalue weighted by atomic mass is 32.2. The summed E-state index contributed by atoms with van der Waals surface area (Å²) in [5.41, 5.74) is 3.38. The molecule has 2 aliphatic rings. The Balaban J connectivity index is 1.68. The quantitative estimate of drug-likeness (QED) is 0.781. The van der Waals surface area contributed by atoms with E-state index >= 15 is 0 Å². The molecule has 0 aromatic heterocycles. The molecular formula is C20H23NO4S2. The molecule has 0 saturated carbocycles. The van der Waals surface area contributed by atoms with Gasteiger partial charge in [0.05, 0.1) is 21.7 Å². The summed E-state index contributed by atoms with van der Waals surface area (Å²) >= 11 is 0. The molecule has 2 atom stereocenters. The van der Waals surface area contributed by atoms with E-state index < -0.39 is 31.0 Å². The Kier molecular flexibility index (Phi) is 4.64. The van der Waals surface area contributed by atoms with E-state index in [1.807, 2.05) is 30.0 Å². The lowest BCUT2D eigenvalue weighted by Gasteiger charge is -2.35. The van der Waals surface area contributed by atoms with Crippen LogP contribution in [-0.4, -0.2) is 51.1 Å². The van der Waals surface area contributed by atoms with Gasteiger partial charge in [0.2, 0.25) is 0 Å². The van der Waals surface area contributed by atoms with E-state index in [1.165, 1.54) is 5.56 Å². The van der Waals surface area contributed by atoms with Crippen molar-refractivity contribution in [1.82, 2.24) is 4.90 Å². The molecule has 0 bridgehead atoms. The van der Waals surface area contributed by atoms with Gasteiger partial charge in [0.15, 0.2) is 19.7 Å². The summed E-state index contributed by atoms with van der Waals surface area (Å²) in [5, 5.41) is -0.921. The number of benzene rings is 2. The number of rotatable bonds is 3. The van der Waals surface area contributed by atoms with Crippen LogP contribution in [0, 0.1) is 6.92 Å². The van der Waals surface area contributed by atoms with Crippen molar-refractivity contribution >= 4 is 19.7 Å². The summed E-state index contributed by atoms with van der Waals surface area (Å²) in [6.07, 6.45) is 0.810. The van der Waals surface area contributed by atoms with Crippen molar-refractivity contribution in [2.45, 2.75) is 36.1 Å².